The van der Waals surface area contributed by atoms with Crippen molar-refractivity contribution in [3.63, 3.8) is 0 Å². The van der Waals surface area contributed by atoms with E-state index in [2.05, 4.69) is 61.8 Å². The van der Waals surface area contributed by atoms with Gasteiger partial charge in [-0.15, -0.1) is 0 Å². The van der Waals surface area contributed by atoms with Gasteiger partial charge in [-0.1, -0.05) is 0 Å². The average molecular weight is 475 g/mol. The Labute approximate surface area is 168 Å². The maximum absolute atomic E-state index is 4.63. The first-order valence-electron chi connectivity index (χ1n) is 8.73. The third-order valence-electron chi connectivity index (χ3n) is 4.35. The van der Waals surface area contributed by atoms with Crippen molar-refractivity contribution in [2.24, 2.45) is 0 Å². The quantitative estimate of drug-likeness (QED) is 0.322. The molecule has 3 N–H and O–H groups in total. The molecule has 27 heavy (non-hydrogen) atoms. The van der Waals surface area contributed by atoms with Crippen LogP contribution in [-0.4, -0.2) is 26.9 Å². The number of halogens is 1. The van der Waals surface area contributed by atoms with Crippen LogP contribution in [0.2, 0.25) is 0 Å². The van der Waals surface area contributed by atoms with E-state index in [1.807, 2.05) is 37.4 Å². The second-order valence-electron chi connectivity index (χ2n) is 6.46. The molecule has 0 amide bonds. The molecule has 0 saturated heterocycles. The molecular weight excluding hydrogens is 449 g/mol. The number of hydrogen-bond donors (Lipinski definition) is 3. The van der Waals surface area contributed by atoms with E-state index in [-0.39, 0.29) is 0 Å². The van der Waals surface area contributed by atoms with Crippen molar-refractivity contribution < 1.29 is 0 Å². The van der Waals surface area contributed by atoms with Crippen LogP contribution in [0.1, 0.15) is 11.1 Å². The molecule has 0 atom stereocenters. The van der Waals surface area contributed by atoms with Crippen LogP contribution in [-0.2, 0) is 0 Å². The Kier molecular flexibility index (Phi) is 6.15. The number of nitrogens with zero attached hydrogens (tertiary/aromatic N) is 2. The Morgan fingerprint density at radius 3 is 2.22 bits per heavy atom. The number of alkyl halides is 2. The van der Waals surface area contributed by atoms with Gasteiger partial charge in [0.1, 0.15) is 0 Å². The normalized spacial score (nSPS) is 11.1. The number of aryl methyl sites for hydroxylation is 1. The van der Waals surface area contributed by atoms with E-state index in [1.54, 1.807) is 6.20 Å². The van der Waals surface area contributed by atoms with E-state index >= 15 is 0 Å². The Morgan fingerprint density at radius 2 is 1.56 bits per heavy atom. The van der Waals surface area contributed by atoms with Crippen molar-refractivity contribution in [3.8, 4) is 0 Å². The van der Waals surface area contributed by atoms with Crippen molar-refractivity contribution in [2.45, 2.75) is 13.8 Å². The van der Waals surface area contributed by atoms with Crippen LogP contribution in [0, 0.1) is 17.4 Å². The van der Waals surface area contributed by atoms with Gasteiger partial charge in [0, 0.05) is 7.05 Å². The summed E-state index contributed by atoms with van der Waals surface area (Å²) in [4.78, 5) is 13.7. The van der Waals surface area contributed by atoms with Crippen LogP contribution in [0.15, 0.2) is 48.7 Å². The van der Waals surface area contributed by atoms with Gasteiger partial charge in [-0.2, -0.15) is 0 Å². The summed E-state index contributed by atoms with van der Waals surface area (Å²) in [5.41, 5.74) is 5.73. The third kappa shape index (κ3) is 4.68. The van der Waals surface area contributed by atoms with E-state index in [0.717, 1.165) is 22.9 Å². The van der Waals surface area contributed by atoms with Gasteiger partial charge >= 0.3 is 156 Å². The van der Waals surface area contributed by atoms with Gasteiger partial charge in [0.05, 0.1) is 0 Å². The van der Waals surface area contributed by atoms with Crippen molar-refractivity contribution in [2.75, 3.05) is 32.9 Å². The average Bonchev–Trinajstić information content (AvgIpc) is 2.66. The Bertz CT molecular complexity index is 922. The number of anilines is 5. The number of aromatic nitrogens is 2. The minimum atomic E-state index is -1.05. The molecule has 0 spiro atoms. The van der Waals surface area contributed by atoms with Crippen molar-refractivity contribution >= 4 is 48.6 Å². The van der Waals surface area contributed by atoms with E-state index < -0.39 is 19.8 Å². The van der Waals surface area contributed by atoms with Crippen LogP contribution in [0.3, 0.4) is 0 Å². The molecule has 142 valence electrons. The maximum atomic E-state index is 4.63. The van der Waals surface area contributed by atoms with Crippen LogP contribution in [0.5, 0.6) is 0 Å². The Balaban J connectivity index is 1.83. The zero-order chi connectivity index (χ0) is 19.4. The molecule has 0 radical (unpaired) electrons. The molecule has 0 aliphatic heterocycles. The summed E-state index contributed by atoms with van der Waals surface area (Å²) in [5.74, 6) is 1.36. The second-order valence-corrected chi connectivity index (χ2v) is 11.9. The molecule has 0 bridgehead atoms. The van der Waals surface area contributed by atoms with E-state index in [0.29, 0.717) is 5.95 Å². The summed E-state index contributed by atoms with van der Waals surface area (Å²) in [6.45, 7) is 4.33. The van der Waals surface area contributed by atoms with Crippen LogP contribution in [0.4, 0.5) is 28.8 Å². The fraction of sp³-hybridized carbons (Fsp3) is 0.238. The Hall–Kier alpha value is -2.35. The molecule has 3 rings (SSSR count). The van der Waals surface area contributed by atoms with Crippen LogP contribution < -0.4 is 16.0 Å². The summed E-state index contributed by atoms with van der Waals surface area (Å²) >= 11 is -1.05. The van der Waals surface area contributed by atoms with Gasteiger partial charge in [0.2, 0.25) is 0 Å². The number of rotatable bonds is 6. The van der Waals surface area contributed by atoms with E-state index in [9.17, 15) is 0 Å². The van der Waals surface area contributed by atoms with Crippen molar-refractivity contribution in [1.82, 2.24) is 9.97 Å². The number of hydrogen-bond acceptors (Lipinski definition) is 5. The second kappa shape index (κ2) is 8.56. The zero-order valence-electron chi connectivity index (χ0n) is 16.4. The predicted molar refractivity (Wildman–Crippen MR) is 125 cm³/mol. The molecule has 2 aromatic carbocycles. The standard InChI is InChI=1S/C21H26IN5/c1-14-6-11-18(22(3)4)15(2)20(14)26-19-12-13-24-21(27-19)25-17-9-7-16(23-5)8-10-17/h6-13,23H,1-5H3,(H2,24,25,26,27). The van der Waals surface area contributed by atoms with Gasteiger partial charge in [-0.05, 0) is 0 Å². The van der Waals surface area contributed by atoms with Crippen molar-refractivity contribution in [3.05, 3.63) is 63.4 Å². The van der Waals surface area contributed by atoms with E-state index in [4.69, 9.17) is 0 Å². The first kappa shape index (κ1) is 19.4. The monoisotopic (exact) mass is 475 g/mol. The number of benzene rings is 2. The summed E-state index contributed by atoms with van der Waals surface area (Å²) in [5, 5.41) is 9.87. The Morgan fingerprint density at radius 1 is 0.852 bits per heavy atom. The molecular formula is C21H26IN5. The minimum absolute atomic E-state index is 0.572. The molecule has 0 aliphatic carbocycles. The third-order valence-corrected chi connectivity index (χ3v) is 7.85. The molecule has 3 aromatic rings. The summed E-state index contributed by atoms with van der Waals surface area (Å²) in [6, 6.07) is 14.4. The van der Waals surface area contributed by atoms with Crippen LogP contribution >= 0.6 is 19.8 Å². The van der Waals surface area contributed by atoms with Crippen LogP contribution in [0.25, 0.3) is 0 Å². The van der Waals surface area contributed by atoms with Gasteiger partial charge < -0.3 is 5.32 Å². The number of nitrogens with one attached hydrogen (secondary N) is 3. The molecule has 0 aliphatic rings. The molecule has 1 aromatic heterocycles. The first-order valence-corrected chi connectivity index (χ1v) is 14.1. The first-order chi connectivity index (χ1) is 13.0. The van der Waals surface area contributed by atoms with Crippen molar-refractivity contribution in [1.29, 1.82) is 0 Å². The SMILES string of the molecule is CNc1ccc(Nc2nccc(Nc3c(C)ccc(I(C)C)c3C)n2)cc1. The molecule has 0 fully saturated rings. The molecule has 0 saturated carbocycles. The zero-order valence-corrected chi connectivity index (χ0v) is 18.5. The predicted octanol–water partition coefficient (Wildman–Crippen LogP) is 5.56. The topological polar surface area (TPSA) is 61.9 Å². The van der Waals surface area contributed by atoms with Gasteiger partial charge in [-0.3, -0.25) is 0 Å². The van der Waals surface area contributed by atoms with Gasteiger partial charge in [-0.25, -0.2) is 0 Å². The fourth-order valence-electron chi connectivity index (χ4n) is 2.89. The summed E-state index contributed by atoms with van der Waals surface area (Å²) < 4.78 is 1.50. The molecule has 0 unspecified atom stereocenters. The molecule has 6 heteroatoms. The fourth-order valence-corrected chi connectivity index (χ4v) is 5.68. The van der Waals surface area contributed by atoms with Gasteiger partial charge in [0.15, 0.2) is 0 Å². The van der Waals surface area contributed by atoms with E-state index in [1.165, 1.54) is 14.7 Å². The summed E-state index contributed by atoms with van der Waals surface area (Å²) in [7, 11) is 1.90. The molecule has 5 nitrogen and oxygen atoms in total. The van der Waals surface area contributed by atoms with Gasteiger partial charge in [0.25, 0.3) is 0 Å². The molecule has 1 heterocycles. The summed E-state index contributed by atoms with van der Waals surface area (Å²) in [6.07, 6.45) is 1.77.